The highest BCUT2D eigenvalue weighted by atomic mass is 79.9. The second-order valence-electron chi connectivity index (χ2n) is 3.45. The maximum absolute atomic E-state index is 12.9. The lowest BCUT2D eigenvalue weighted by Gasteiger charge is -2.06. The molecule has 0 amide bonds. The van der Waals surface area contributed by atoms with E-state index in [1.54, 1.807) is 17.8 Å². The average molecular weight is 332 g/mol. The largest absolute Gasteiger partial charge is 0.207 e. The molecule has 0 aliphatic rings. The summed E-state index contributed by atoms with van der Waals surface area (Å²) < 4.78 is 13.7. The summed E-state index contributed by atoms with van der Waals surface area (Å²) in [4.78, 5) is 1.03. The van der Waals surface area contributed by atoms with Gasteiger partial charge in [-0.05, 0) is 29.8 Å². The van der Waals surface area contributed by atoms with Crippen molar-refractivity contribution in [2.24, 2.45) is 0 Å². The molecule has 0 aliphatic heterocycles. The number of thioether (sulfide) groups is 1. The third kappa shape index (κ3) is 3.47. The van der Waals surface area contributed by atoms with Crippen LogP contribution in [0.1, 0.15) is 5.56 Å². The maximum Gasteiger partial charge on any atom is 0.124 e. The van der Waals surface area contributed by atoms with Crippen molar-refractivity contribution in [3.8, 4) is 0 Å². The predicted molar refractivity (Wildman–Crippen MR) is 75.1 cm³/mol. The van der Waals surface area contributed by atoms with E-state index in [-0.39, 0.29) is 5.82 Å². The first kappa shape index (κ1) is 12.9. The lowest BCUT2D eigenvalue weighted by Crippen LogP contribution is -1.85. The van der Waals surface area contributed by atoms with Crippen LogP contribution in [0.2, 0.25) is 5.02 Å². The van der Waals surface area contributed by atoms with Crippen molar-refractivity contribution < 1.29 is 4.39 Å². The van der Waals surface area contributed by atoms with Crippen molar-refractivity contribution in [1.82, 2.24) is 0 Å². The summed E-state index contributed by atoms with van der Waals surface area (Å²) in [6.07, 6.45) is 0. The van der Waals surface area contributed by atoms with Gasteiger partial charge in [0.05, 0.1) is 5.02 Å². The number of hydrogen-bond donors (Lipinski definition) is 0. The first-order valence-corrected chi connectivity index (χ1v) is 7.14. The lowest BCUT2D eigenvalue weighted by molar-refractivity contribution is 0.626. The third-order valence-electron chi connectivity index (χ3n) is 2.23. The van der Waals surface area contributed by atoms with Crippen LogP contribution < -0.4 is 0 Å². The van der Waals surface area contributed by atoms with Gasteiger partial charge in [-0.2, -0.15) is 0 Å². The SMILES string of the molecule is Fc1ccc(CSc2ccccc2Cl)c(Br)c1. The molecular formula is C13H9BrClFS. The fourth-order valence-corrected chi connectivity index (χ4v) is 3.28. The minimum Gasteiger partial charge on any atom is -0.207 e. The van der Waals surface area contributed by atoms with Crippen LogP contribution in [0.15, 0.2) is 51.8 Å². The van der Waals surface area contributed by atoms with E-state index in [4.69, 9.17) is 11.6 Å². The van der Waals surface area contributed by atoms with Crippen LogP contribution in [0, 0.1) is 5.82 Å². The molecule has 0 aromatic heterocycles. The van der Waals surface area contributed by atoms with E-state index in [1.807, 2.05) is 24.3 Å². The van der Waals surface area contributed by atoms with Crippen molar-refractivity contribution in [2.45, 2.75) is 10.6 Å². The average Bonchev–Trinajstić information content (AvgIpc) is 2.30. The third-order valence-corrected chi connectivity index (χ3v) is 4.54. The molecule has 17 heavy (non-hydrogen) atoms. The van der Waals surface area contributed by atoms with Gasteiger partial charge in [-0.15, -0.1) is 11.8 Å². The van der Waals surface area contributed by atoms with Crippen LogP contribution >= 0.6 is 39.3 Å². The van der Waals surface area contributed by atoms with E-state index in [0.29, 0.717) is 0 Å². The number of benzene rings is 2. The molecule has 0 bridgehead atoms. The van der Waals surface area contributed by atoms with Gasteiger partial charge in [-0.1, -0.05) is 45.7 Å². The Balaban J connectivity index is 2.10. The van der Waals surface area contributed by atoms with E-state index in [1.165, 1.54) is 12.1 Å². The molecule has 2 rings (SSSR count). The van der Waals surface area contributed by atoms with E-state index in [9.17, 15) is 4.39 Å². The summed E-state index contributed by atoms with van der Waals surface area (Å²) in [5, 5.41) is 0.746. The summed E-state index contributed by atoms with van der Waals surface area (Å²) in [7, 11) is 0. The second-order valence-corrected chi connectivity index (χ2v) is 5.73. The number of hydrogen-bond acceptors (Lipinski definition) is 1. The van der Waals surface area contributed by atoms with Crippen LogP contribution in [-0.4, -0.2) is 0 Å². The Morgan fingerprint density at radius 3 is 2.65 bits per heavy atom. The molecule has 2 aromatic carbocycles. The molecule has 0 fully saturated rings. The topological polar surface area (TPSA) is 0 Å². The molecule has 0 N–H and O–H groups in total. The fraction of sp³-hybridized carbons (Fsp3) is 0.0769. The van der Waals surface area contributed by atoms with Crippen molar-refractivity contribution in [2.75, 3.05) is 0 Å². The molecule has 4 heteroatoms. The van der Waals surface area contributed by atoms with Gasteiger partial charge in [-0.25, -0.2) is 4.39 Å². The summed E-state index contributed by atoms with van der Waals surface area (Å²) in [5.74, 6) is 0.522. The first-order chi connectivity index (χ1) is 8.16. The molecule has 0 atom stereocenters. The highest BCUT2D eigenvalue weighted by molar-refractivity contribution is 9.10. The second kappa shape index (κ2) is 5.89. The van der Waals surface area contributed by atoms with Crippen LogP contribution in [0.3, 0.4) is 0 Å². The number of halogens is 3. The first-order valence-electron chi connectivity index (χ1n) is 4.98. The van der Waals surface area contributed by atoms with Crippen LogP contribution in [0.4, 0.5) is 4.39 Å². The van der Waals surface area contributed by atoms with Gasteiger partial charge in [0.25, 0.3) is 0 Å². The summed E-state index contributed by atoms with van der Waals surface area (Å²) in [6, 6.07) is 12.4. The Morgan fingerprint density at radius 1 is 1.18 bits per heavy atom. The molecule has 0 spiro atoms. The highest BCUT2D eigenvalue weighted by Crippen LogP contribution is 2.31. The lowest BCUT2D eigenvalue weighted by atomic mass is 10.2. The smallest absolute Gasteiger partial charge is 0.124 e. The van der Waals surface area contributed by atoms with Gasteiger partial charge < -0.3 is 0 Å². The zero-order valence-electron chi connectivity index (χ0n) is 8.79. The van der Waals surface area contributed by atoms with Gasteiger partial charge in [0.2, 0.25) is 0 Å². The van der Waals surface area contributed by atoms with Crippen LogP contribution in [0.5, 0.6) is 0 Å². The van der Waals surface area contributed by atoms with Crippen molar-refractivity contribution in [3.63, 3.8) is 0 Å². The normalized spacial score (nSPS) is 10.5. The van der Waals surface area contributed by atoms with Gasteiger partial charge in [0.15, 0.2) is 0 Å². The van der Waals surface area contributed by atoms with E-state index < -0.39 is 0 Å². The predicted octanol–water partition coefficient (Wildman–Crippen LogP) is 5.53. The molecule has 0 heterocycles. The van der Waals surface area contributed by atoms with Gasteiger partial charge >= 0.3 is 0 Å². The van der Waals surface area contributed by atoms with Gasteiger partial charge in [0.1, 0.15) is 5.82 Å². The molecule has 0 radical (unpaired) electrons. The van der Waals surface area contributed by atoms with Gasteiger partial charge in [-0.3, -0.25) is 0 Å². The quantitative estimate of drug-likeness (QED) is 0.666. The van der Waals surface area contributed by atoms with Crippen LogP contribution in [0.25, 0.3) is 0 Å². The van der Waals surface area contributed by atoms with Crippen LogP contribution in [-0.2, 0) is 5.75 Å². The molecule has 2 aromatic rings. The summed E-state index contributed by atoms with van der Waals surface area (Å²) in [6.45, 7) is 0. The molecule has 0 saturated carbocycles. The molecular weight excluding hydrogens is 323 g/mol. The monoisotopic (exact) mass is 330 g/mol. The molecule has 0 nitrogen and oxygen atoms in total. The summed E-state index contributed by atoms with van der Waals surface area (Å²) >= 11 is 11.1. The van der Waals surface area contributed by atoms with Gasteiger partial charge in [0, 0.05) is 15.1 Å². The Morgan fingerprint density at radius 2 is 1.94 bits per heavy atom. The molecule has 0 aliphatic carbocycles. The van der Waals surface area contributed by atoms with Crippen molar-refractivity contribution in [1.29, 1.82) is 0 Å². The zero-order valence-corrected chi connectivity index (χ0v) is 11.9. The summed E-state index contributed by atoms with van der Waals surface area (Å²) in [5.41, 5.74) is 1.05. The molecule has 0 unspecified atom stereocenters. The zero-order chi connectivity index (χ0) is 12.3. The highest BCUT2D eigenvalue weighted by Gasteiger charge is 2.04. The standard InChI is InChI=1S/C13H9BrClFS/c14-11-7-10(16)6-5-9(11)8-17-13-4-2-1-3-12(13)15/h1-7H,8H2. The maximum atomic E-state index is 12.9. The van der Waals surface area contributed by atoms with E-state index >= 15 is 0 Å². The number of rotatable bonds is 3. The Labute approximate surface area is 117 Å². The van der Waals surface area contributed by atoms with Crippen molar-refractivity contribution in [3.05, 3.63) is 63.3 Å². The minimum atomic E-state index is -0.233. The Bertz CT molecular complexity index is 531. The fourth-order valence-electron chi connectivity index (χ4n) is 1.36. The minimum absolute atomic E-state index is 0.233. The Kier molecular flexibility index (Phi) is 4.48. The molecule has 88 valence electrons. The van der Waals surface area contributed by atoms with Crippen molar-refractivity contribution >= 4 is 39.3 Å². The van der Waals surface area contributed by atoms with E-state index in [2.05, 4.69) is 15.9 Å². The van der Waals surface area contributed by atoms with E-state index in [0.717, 1.165) is 25.7 Å². The Hall–Kier alpha value is -0.510. The molecule has 0 saturated heterocycles.